The Morgan fingerprint density at radius 2 is 1.93 bits per heavy atom. The van der Waals surface area contributed by atoms with Crippen molar-refractivity contribution >= 4 is 15.8 Å². The smallest absolute Gasteiger partial charge is 0.191 e. The molecule has 0 saturated carbocycles. The van der Waals surface area contributed by atoms with Gasteiger partial charge in [0, 0.05) is 25.4 Å². The van der Waals surface area contributed by atoms with Crippen LogP contribution < -0.4 is 20.1 Å². The molecule has 2 N–H and O–H groups in total. The van der Waals surface area contributed by atoms with E-state index in [9.17, 15) is 8.42 Å². The molecule has 0 amide bonds. The average Bonchev–Trinajstić information content (AvgIpc) is 2.62. The Bertz CT molecular complexity index is 705. The molecule has 1 unspecified atom stereocenters. The molecule has 1 rings (SSSR count). The van der Waals surface area contributed by atoms with Crippen LogP contribution in [0.15, 0.2) is 23.2 Å². The average molecular weight is 400 g/mol. The van der Waals surface area contributed by atoms with Gasteiger partial charge in [0.25, 0.3) is 0 Å². The van der Waals surface area contributed by atoms with E-state index >= 15 is 0 Å². The molecule has 8 heteroatoms. The van der Waals surface area contributed by atoms with E-state index < -0.39 is 9.84 Å². The first kappa shape index (κ1) is 23.1. The summed E-state index contributed by atoms with van der Waals surface area (Å²) in [5.41, 5.74) is 1.17. The van der Waals surface area contributed by atoms with Crippen LogP contribution >= 0.6 is 0 Å². The molecule has 0 fully saturated rings. The van der Waals surface area contributed by atoms with Gasteiger partial charge in [0.2, 0.25) is 0 Å². The minimum Gasteiger partial charge on any atom is -0.493 e. The fourth-order valence-electron chi connectivity index (χ4n) is 2.53. The summed E-state index contributed by atoms with van der Waals surface area (Å²) in [7, 11) is 0.305. The molecular weight excluding hydrogens is 366 g/mol. The Morgan fingerprint density at radius 1 is 1.22 bits per heavy atom. The number of aliphatic imine (C=N–C) groups is 1. The number of guanidine groups is 1. The molecule has 0 saturated heterocycles. The van der Waals surface area contributed by atoms with E-state index in [1.165, 1.54) is 11.8 Å². The molecule has 1 aromatic carbocycles. The van der Waals surface area contributed by atoms with E-state index in [1.54, 1.807) is 14.2 Å². The van der Waals surface area contributed by atoms with E-state index in [1.807, 2.05) is 32.0 Å². The summed E-state index contributed by atoms with van der Waals surface area (Å²) in [5.74, 6) is 2.33. The van der Waals surface area contributed by atoms with Crippen LogP contribution in [0.4, 0.5) is 0 Å². The number of hydrogen-bond donors (Lipinski definition) is 2. The lowest BCUT2D eigenvalue weighted by Gasteiger charge is -2.17. The summed E-state index contributed by atoms with van der Waals surface area (Å²) in [4.78, 5) is 4.58. The number of methoxy groups -OCH3 is 2. The minimum absolute atomic E-state index is 0.0309. The molecule has 0 radical (unpaired) electrons. The van der Waals surface area contributed by atoms with Gasteiger partial charge in [-0.15, -0.1) is 0 Å². The van der Waals surface area contributed by atoms with Crippen molar-refractivity contribution in [3.05, 3.63) is 23.8 Å². The summed E-state index contributed by atoms with van der Waals surface area (Å²) in [5, 5.41) is 6.46. The lowest BCUT2D eigenvalue weighted by Crippen LogP contribution is -2.42. The molecule has 27 heavy (non-hydrogen) atoms. The Morgan fingerprint density at radius 3 is 2.52 bits per heavy atom. The van der Waals surface area contributed by atoms with Crippen molar-refractivity contribution in [2.24, 2.45) is 4.99 Å². The summed E-state index contributed by atoms with van der Waals surface area (Å²) in [6.45, 7) is 5.38. The van der Waals surface area contributed by atoms with Crippen molar-refractivity contribution in [1.29, 1.82) is 0 Å². The first-order valence-corrected chi connectivity index (χ1v) is 11.3. The third kappa shape index (κ3) is 9.51. The van der Waals surface area contributed by atoms with Gasteiger partial charge < -0.3 is 20.1 Å². The molecule has 154 valence electrons. The van der Waals surface area contributed by atoms with E-state index in [-0.39, 0.29) is 11.8 Å². The van der Waals surface area contributed by atoms with Gasteiger partial charge in [-0.1, -0.05) is 6.07 Å². The molecule has 0 aromatic heterocycles. The van der Waals surface area contributed by atoms with Gasteiger partial charge in [-0.3, -0.25) is 4.99 Å². The first-order chi connectivity index (χ1) is 12.8. The molecule has 1 aromatic rings. The highest BCUT2D eigenvalue weighted by molar-refractivity contribution is 7.90. The molecule has 0 spiro atoms. The third-order valence-electron chi connectivity index (χ3n) is 3.99. The van der Waals surface area contributed by atoms with Gasteiger partial charge in [0.15, 0.2) is 17.5 Å². The molecule has 1 atom stereocenters. The Kier molecular flexibility index (Phi) is 9.99. The Hall–Kier alpha value is -1.96. The molecule has 0 heterocycles. The van der Waals surface area contributed by atoms with E-state index in [4.69, 9.17) is 9.47 Å². The quantitative estimate of drug-likeness (QED) is 0.336. The summed E-state index contributed by atoms with van der Waals surface area (Å²) in [6, 6.07) is 5.96. The standard InChI is InChI=1S/C19H33N3O4S/c1-6-20-19(22-15(2)11-13-27(5,23)24)21-12-7-8-16-9-10-17(25-3)18(14-16)26-4/h9-10,14-15H,6-8,11-13H2,1-5H3,(H2,20,21,22). The fourth-order valence-corrected chi connectivity index (χ4v) is 3.31. The normalized spacial score (nSPS) is 13.1. The van der Waals surface area contributed by atoms with Crippen molar-refractivity contribution in [3.8, 4) is 11.5 Å². The van der Waals surface area contributed by atoms with Crippen LogP contribution in [0.25, 0.3) is 0 Å². The lowest BCUT2D eigenvalue weighted by atomic mass is 10.1. The van der Waals surface area contributed by atoms with Crippen molar-refractivity contribution < 1.29 is 17.9 Å². The summed E-state index contributed by atoms with van der Waals surface area (Å²) >= 11 is 0. The van der Waals surface area contributed by atoms with E-state index in [2.05, 4.69) is 15.6 Å². The van der Waals surface area contributed by atoms with E-state index in [0.29, 0.717) is 18.9 Å². The molecular formula is C19H33N3O4S. The highest BCUT2D eigenvalue weighted by Crippen LogP contribution is 2.27. The molecule has 0 bridgehead atoms. The molecule has 0 aliphatic rings. The van der Waals surface area contributed by atoms with Crippen molar-refractivity contribution in [2.75, 3.05) is 39.3 Å². The van der Waals surface area contributed by atoms with Crippen LogP contribution in [0, 0.1) is 0 Å². The van der Waals surface area contributed by atoms with Crippen molar-refractivity contribution in [1.82, 2.24) is 10.6 Å². The van der Waals surface area contributed by atoms with Gasteiger partial charge in [-0.05, 0) is 50.8 Å². The maximum absolute atomic E-state index is 11.3. The predicted octanol–water partition coefficient (Wildman–Crippen LogP) is 2.01. The highest BCUT2D eigenvalue weighted by atomic mass is 32.2. The second-order valence-corrected chi connectivity index (χ2v) is 8.78. The van der Waals surface area contributed by atoms with Gasteiger partial charge >= 0.3 is 0 Å². The SMILES string of the molecule is CCNC(=NCCCc1ccc(OC)c(OC)c1)NC(C)CCS(C)(=O)=O. The summed E-state index contributed by atoms with van der Waals surface area (Å²) in [6.07, 6.45) is 3.58. The van der Waals surface area contributed by atoms with Crippen LogP contribution in [0.1, 0.15) is 32.3 Å². The third-order valence-corrected chi connectivity index (χ3v) is 4.97. The molecule has 0 aliphatic carbocycles. The Labute approximate surface area is 163 Å². The van der Waals surface area contributed by atoms with Crippen LogP contribution in [-0.2, 0) is 16.3 Å². The zero-order chi connectivity index (χ0) is 20.3. The maximum Gasteiger partial charge on any atom is 0.191 e. The second kappa shape index (κ2) is 11.7. The predicted molar refractivity (Wildman–Crippen MR) is 111 cm³/mol. The largest absolute Gasteiger partial charge is 0.493 e. The van der Waals surface area contributed by atoms with Crippen LogP contribution in [0.2, 0.25) is 0 Å². The zero-order valence-electron chi connectivity index (χ0n) is 17.0. The number of aryl methyl sites for hydroxylation is 1. The zero-order valence-corrected chi connectivity index (χ0v) is 17.9. The maximum atomic E-state index is 11.3. The van der Waals surface area contributed by atoms with Crippen LogP contribution in [0.5, 0.6) is 11.5 Å². The Balaban J connectivity index is 2.53. The number of benzene rings is 1. The van der Waals surface area contributed by atoms with Crippen molar-refractivity contribution in [2.45, 2.75) is 39.2 Å². The fraction of sp³-hybridized carbons (Fsp3) is 0.632. The number of rotatable bonds is 11. The second-order valence-electron chi connectivity index (χ2n) is 6.52. The van der Waals surface area contributed by atoms with Crippen molar-refractivity contribution in [3.63, 3.8) is 0 Å². The number of sulfone groups is 1. The van der Waals surface area contributed by atoms with Crippen LogP contribution in [-0.4, -0.2) is 59.7 Å². The number of ether oxygens (including phenoxy) is 2. The van der Waals surface area contributed by atoms with Gasteiger partial charge in [0.05, 0.1) is 20.0 Å². The van der Waals surface area contributed by atoms with Gasteiger partial charge in [-0.2, -0.15) is 0 Å². The number of nitrogens with zero attached hydrogens (tertiary/aromatic N) is 1. The first-order valence-electron chi connectivity index (χ1n) is 9.22. The van der Waals surface area contributed by atoms with Gasteiger partial charge in [-0.25, -0.2) is 8.42 Å². The van der Waals surface area contributed by atoms with Crippen LogP contribution in [0.3, 0.4) is 0 Å². The molecule has 7 nitrogen and oxygen atoms in total. The van der Waals surface area contributed by atoms with Gasteiger partial charge in [0.1, 0.15) is 9.84 Å². The monoisotopic (exact) mass is 399 g/mol. The summed E-state index contributed by atoms with van der Waals surface area (Å²) < 4.78 is 33.2. The number of hydrogen-bond acceptors (Lipinski definition) is 5. The minimum atomic E-state index is -2.95. The number of nitrogens with one attached hydrogen (secondary N) is 2. The lowest BCUT2D eigenvalue weighted by molar-refractivity contribution is 0.354. The topological polar surface area (TPSA) is 89.0 Å². The van der Waals surface area contributed by atoms with E-state index in [0.717, 1.165) is 30.9 Å². The molecule has 0 aliphatic heterocycles. The highest BCUT2D eigenvalue weighted by Gasteiger charge is 2.09.